The van der Waals surface area contributed by atoms with Crippen LogP contribution in [-0.2, 0) is 9.59 Å². The Morgan fingerprint density at radius 3 is 2.53 bits per heavy atom. The Hall–Kier alpha value is -4.09. The molecule has 0 aliphatic carbocycles. The monoisotopic (exact) mass is 415 g/mol. The number of ether oxygens (including phenoxy) is 2. The van der Waals surface area contributed by atoms with Crippen molar-refractivity contribution < 1.29 is 19.1 Å². The highest BCUT2D eigenvalue weighted by Crippen LogP contribution is 2.38. The lowest BCUT2D eigenvalue weighted by Gasteiger charge is -2.15. The highest BCUT2D eigenvalue weighted by Gasteiger charge is 2.40. The van der Waals surface area contributed by atoms with Crippen LogP contribution in [0.3, 0.4) is 0 Å². The Labute approximate surface area is 175 Å². The summed E-state index contributed by atoms with van der Waals surface area (Å²) < 4.78 is 10.7. The van der Waals surface area contributed by atoms with Gasteiger partial charge in [0, 0.05) is 16.6 Å². The average Bonchev–Trinajstić information content (AvgIpc) is 3.49. The van der Waals surface area contributed by atoms with E-state index in [-0.39, 0.29) is 12.5 Å². The molecule has 2 aromatic carbocycles. The molecular formula is C22H13N3O4S. The molecule has 0 bridgehead atoms. The number of fused-ring (bicyclic) bond motifs is 1. The number of hydrogen-bond acceptors (Lipinski definition) is 7. The molecule has 1 aromatic heterocycles. The summed E-state index contributed by atoms with van der Waals surface area (Å²) in [5.41, 5.74) is 1.94. The number of rotatable bonds is 4. The van der Waals surface area contributed by atoms with Crippen LogP contribution in [0.2, 0.25) is 0 Å². The van der Waals surface area contributed by atoms with E-state index in [1.165, 1.54) is 11.3 Å². The van der Waals surface area contributed by atoms with Crippen LogP contribution >= 0.6 is 11.3 Å². The van der Waals surface area contributed by atoms with E-state index in [9.17, 15) is 9.59 Å². The molecule has 1 N–H and O–H groups in total. The Bertz CT molecular complexity index is 1240. The molecule has 0 unspecified atom stereocenters. The van der Waals surface area contributed by atoms with Crippen molar-refractivity contribution in [3.8, 4) is 17.6 Å². The summed E-state index contributed by atoms with van der Waals surface area (Å²) in [6.45, 7) is 0.145. The number of nitriles is 1. The minimum atomic E-state index is -0.467. The molecule has 0 saturated heterocycles. The molecule has 30 heavy (non-hydrogen) atoms. The van der Waals surface area contributed by atoms with Gasteiger partial charge < -0.3 is 14.8 Å². The molecule has 7 nitrogen and oxygen atoms in total. The molecule has 2 amide bonds. The second-order valence-corrected chi connectivity index (χ2v) is 7.47. The van der Waals surface area contributed by atoms with E-state index in [1.807, 2.05) is 17.5 Å². The fraction of sp³-hybridized carbons (Fsp3) is 0.0455. The standard InChI is InChI=1S/C22H13N3O4S/c23-11-13-3-6-15(7-4-13)25-21(26)19(18-2-1-9-30-18)20(22(25)27)24-14-5-8-16-17(10-14)29-12-28-16/h1-10,24H,12H2. The first-order valence-corrected chi connectivity index (χ1v) is 9.87. The normalized spacial score (nSPS) is 15.0. The second-order valence-electron chi connectivity index (χ2n) is 6.52. The number of amides is 2. The number of carbonyl (C=O) groups is 2. The number of carbonyl (C=O) groups excluding carboxylic acids is 2. The summed E-state index contributed by atoms with van der Waals surface area (Å²) in [5, 5.41) is 14.0. The molecule has 8 heteroatoms. The van der Waals surface area contributed by atoms with Crippen molar-refractivity contribution in [1.82, 2.24) is 0 Å². The number of nitrogens with zero attached hydrogens (tertiary/aromatic N) is 2. The summed E-state index contributed by atoms with van der Waals surface area (Å²) in [6.07, 6.45) is 0. The summed E-state index contributed by atoms with van der Waals surface area (Å²) in [6, 6.07) is 17.2. The van der Waals surface area contributed by atoms with Gasteiger partial charge in [-0.2, -0.15) is 5.26 Å². The van der Waals surface area contributed by atoms with Crippen LogP contribution < -0.4 is 19.7 Å². The summed E-state index contributed by atoms with van der Waals surface area (Å²) in [5.74, 6) is 0.307. The third-order valence-electron chi connectivity index (χ3n) is 4.75. The minimum Gasteiger partial charge on any atom is -0.454 e. The van der Waals surface area contributed by atoms with E-state index in [2.05, 4.69) is 5.32 Å². The second kappa shape index (κ2) is 7.06. The Morgan fingerprint density at radius 1 is 1.00 bits per heavy atom. The molecule has 0 saturated carbocycles. The van der Waals surface area contributed by atoms with Crippen molar-refractivity contribution in [2.75, 3.05) is 17.0 Å². The van der Waals surface area contributed by atoms with E-state index in [0.29, 0.717) is 38.9 Å². The summed E-state index contributed by atoms with van der Waals surface area (Å²) >= 11 is 1.38. The Morgan fingerprint density at radius 2 is 1.80 bits per heavy atom. The van der Waals surface area contributed by atoms with Crippen LogP contribution in [0.15, 0.2) is 65.7 Å². The van der Waals surface area contributed by atoms with Crippen LogP contribution in [0, 0.1) is 11.3 Å². The lowest BCUT2D eigenvalue weighted by Crippen LogP contribution is -2.32. The number of nitrogens with one attached hydrogen (secondary N) is 1. The maximum absolute atomic E-state index is 13.3. The van der Waals surface area contributed by atoms with Crippen molar-refractivity contribution in [1.29, 1.82) is 5.26 Å². The smallest absolute Gasteiger partial charge is 0.282 e. The predicted octanol–water partition coefficient (Wildman–Crippen LogP) is 3.75. The van der Waals surface area contributed by atoms with Crippen LogP contribution in [-0.4, -0.2) is 18.6 Å². The van der Waals surface area contributed by atoms with Gasteiger partial charge in [-0.05, 0) is 47.8 Å². The van der Waals surface area contributed by atoms with Crippen LogP contribution in [0.5, 0.6) is 11.5 Å². The average molecular weight is 415 g/mol. The molecule has 3 heterocycles. The van der Waals surface area contributed by atoms with Gasteiger partial charge in [-0.1, -0.05) is 6.07 Å². The van der Waals surface area contributed by atoms with Gasteiger partial charge >= 0.3 is 0 Å². The predicted molar refractivity (Wildman–Crippen MR) is 111 cm³/mol. The zero-order chi connectivity index (χ0) is 20.7. The van der Waals surface area contributed by atoms with Crippen molar-refractivity contribution in [2.24, 2.45) is 0 Å². The zero-order valence-electron chi connectivity index (χ0n) is 15.4. The quantitative estimate of drug-likeness (QED) is 0.653. The summed E-state index contributed by atoms with van der Waals surface area (Å²) in [7, 11) is 0. The third kappa shape index (κ3) is 2.89. The van der Waals surface area contributed by atoms with Crippen molar-refractivity contribution in [2.45, 2.75) is 0 Å². The maximum Gasteiger partial charge on any atom is 0.282 e. The largest absolute Gasteiger partial charge is 0.454 e. The van der Waals surface area contributed by atoms with Gasteiger partial charge in [0.15, 0.2) is 11.5 Å². The molecule has 5 rings (SSSR count). The first-order chi connectivity index (χ1) is 14.7. The maximum atomic E-state index is 13.3. The van der Waals surface area contributed by atoms with E-state index >= 15 is 0 Å². The number of imide groups is 1. The van der Waals surface area contributed by atoms with Gasteiger partial charge in [-0.25, -0.2) is 4.90 Å². The van der Waals surface area contributed by atoms with E-state index < -0.39 is 11.8 Å². The molecule has 0 fully saturated rings. The molecule has 3 aromatic rings. The highest BCUT2D eigenvalue weighted by molar-refractivity contribution is 7.11. The van der Waals surface area contributed by atoms with E-state index in [4.69, 9.17) is 14.7 Å². The van der Waals surface area contributed by atoms with Gasteiger partial charge in [0.05, 0.1) is 22.9 Å². The first-order valence-electron chi connectivity index (χ1n) is 8.99. The fourth-order valence-electron chi connectivity index (χ4n) is 3.33. The first kappa shape index (κ1) is 18.0. The van der Waals surface area contributed by atoms with Gasteiger partial charge in [0.1, 0.15) is 5.70 Å². The van der Waals surface area contributed by atoms with Crippen molar-refractivity contribution >= 4 is 40.1 Å². The third-order valence-corrected chi connectivity index (χ3v) is 5.64. The number of anilines is 2. The molecule has 2 aliphatic heterocycles. The number of hydrogen-bond donors (Lipinski definition) is 1. The highest BCUT2D eigenvalue weighted by atomic mass is 32.1. The fourth-order valence-corrected chi connectivity index (χ4v) is 4.10. The Balaban J connectivity index is 1.55. The van der Waals surface area contributed by atoms with Gasteiger partial charge in [-0.15, -0.1) is 11.3 Å². The molecule has 2 aliphatic rings. The zero-order valence-corrected chi connectivity index (χ0v) is 16.2. The molecule has 0 spiro atoms. The van der Waals surface area contributed by atoms with E-state index in [0.717, 1.165) is 4.90 Å². The SMILES string of the molecule is N#Cc1ccc(N2C(=O)C(Nc3ccc4c(c3)OCO4)=C(c3cccs3)C2=O)cc1. The summed E-state index contributed by atoms with van der Waals surface area (Å²) in [4.78, 5) is 28.3. The Kier molecular flexibility index (Phi) is 4.23. The molecule has 0 atom stereocenters. The van der Waals surface area contributed by atoms with Gasteiger partial charge in [0.2, 0.25) is 6.79 Å². The molecule has 0 radical (unpaired) electrons. The topological polar surface area (TPSA) is 91.7 Å². The van der Waals surface area contributed by atoms with Gasteiger partial charge in [0.25, 0.3) is 11.8 Å². The van der Waals surface area contributed by atoms with Crippen molar-refractivity contribution in [3.63, 3.8) is 0 Å². The van der Waals surface area contributed by atoms with Crippen LogP contribution in [0.4, 0.5) is 11.4 Å². The van der Waals surface area contributed by atoms with Crippen molar-refractivity contribution in [3.05, 3.63) is 76.1 Å². The lowest BCUT2D eigenvalue weighted by molar-refractivity contribution is -0.120. The van der Waals surface area contributed by atoms with E-state index in [1.54, 1.807) is 48.5 Å². The lowest BCUT2D eigenvalue weighted by atomic mass is 10.1. The molecule has 146 valence electrons. The van der Waals surface area contributed by atoms with Gasteiger partial charge in [-0.3, -0.25) is 9.59 Å². The van der Waals surface area contributed by atoms with Crippen LogP contribution in [0.25, 0.3) is 5.57 Å². The number of benzene rings is 2. The van der Waals surface area contributed by atoms with Crippen LogP contribution in [0.1, 0.15) is 10.4 Å². The minimum absolute atomic E-state index is 0.145. The molecular weight excluding hydrogens is 402 g/mol. The number of thiophene rings is 1.